The van der Waals surface area contributed by atoms with Crippen molar-refractivity contribution in [2.24, 2.45) is 0 Å². The lowest BCUT2D eigenvalue weighted by Gasteiger charge is -2.41. The van der Waals surface area contributed by atoms with Gasteiger partial charge in [-0.2, -0.15) is 0 Å². The van der Waals surface area contributed by atoms with Crippen molar-refractivity contribution in [1.82, 2.24) is 0 Å². The van der Waals surface area contributed by atoms with E-state index in [1.165, 1.54) is 18.2 Å². The van der Waals surface area contributed by atoms with Crippen LogP contribution in [0.1, 0.15) is 35.2 Å². The topological polar surface area (TPSA) is 37.3 Å². The lowest BCUT2D eigenvalue weighted by Crippen LogP contribution is -2.41. The predicted molar refractivity (Wildman–Crippen MR) is 54.9 cm³/mol. The normalized spacial score (nSPS) is 18.2. The molecule has 0 spiro atoms. The van der Waals surface area contributed by atoms with E-state index >= 15 is 0 Å². The molecule has 1 saturated carbocycles. The molecule has 1 aliphatic carbocycles. The average molecular weight is 226 g/mol. The maximum absolute atomic E-state index is 13.0. The summed E-state index contributed by atoms with van der Waals surface area (Å²) in [6.45, 7) is 0. The van der Waals surface area contributed by atoms with E-state index < -0.39 is 17.8 Å². The zero-order valence-electron chi connectivity index (χ0n) is 8.62. The molecule has 1 aromatic rings. The molecule has 0 saturated heterocycles. The summed E-state index contributed by atoms with van der Waals surface area (Å²) >= 11 is 0. The standard InChI is InChI=1S/C12H12F2O2/c13-11(14)12(5-2-6-12)9-4-1-3-8(7-9)10(15)16/h1,3-4,7,11H,2,5-6H2,(H,15,16). The van der Waals surface area contributed by atoms with E-state index in [-0.39, 0.29) is 5.56 Å². The highest BCUT2D eigenvalue weighted by Crippen LogP contribution is 2.48. The van der Waals surface area contributed by atoms with Gasteiger partial charge in [0.15, 0.2) is 0 Å². The van der Waals surface area contributed by atoms with Crippen molar-refractivity contribution in [1.29, 1.82) is 0 Å². The molecule has 16 heavy (non-hydrogen) atoms. The third-order valence-electron chi connectivity index (χ3n) is 3.35. The number of carboxylic acids is 1. The number of hydrogen-bond acceptors (Lipinski definition) is 1. The van der Waals surface area contributed by atoms with Gasteiger partial charge in [-0.25, -0.2) is 13.6 Å². The van der Waals surface area contributed by atoms with Crippen LogP contribution in [0.25, 0.3) is 0 Å². The zero-order valence-corrected chi connectivity index (χ0v) is 8.62. The fraction of sp³-hybridized carbons (Fsp3) is 0.417. The monoisotopic (exact) mass is 226 g/mol. The van der Waals surface area contributed by atoms with Gasteiger partial charge in [0.25, 0.3) is 0 Å². The Labute approximate surface area is 91.9 Å². The number of carboxylic acid groups (broad SMARTS) is 1. The fourth-order valence-electron chi connectivity index (χ4n) is 2.15. The first-order chi connectivity index (χ1) is 7.56. The highest BCUT2D eigenvalue weighted by molar-refractivity contribution is 5.87. The number of benzene rings is 1. The summed E-state index contributed by atoms with van der Waals surface area (Å²) in [6, 6.07) is 5.91. The second-order valence-electron chi connectivity index (χ2n) is 4.20. The summed E-state index contributed by atoms with van der Waals surface area (Å²) in [5, 5.41) is 8.82. The van der Waals surface area contributed by atoms with Crippen LogP contribution in [0.4, 0.5) is 8.78 Å². The van der Waals surface area contributed by atoms with Crippen LogP contribution >= 0.6 is 0 Å². The van der Waals surface area contributed by atoms with Gasteiger partial charge in [0.2, 0.25) is 6.43 Å². The van der Waals surface area contributed by atoms with Crippen LogP contribution in [0.15, 0.2) is 24.3 Å². The average Bonchev–Trinajstić information content (AvgIpc) is 2.15. The van der Waals surface area contributed by atoms with E-state index in [0.29, 0.717) is 18.4 Å². The highest BCUT2D eigenvalue weighted by Gasteiger charge is 2.46. The van der Waals surface area contributed by atoms with E-state index in [1.807, 2.05) is 0 Å². The number of rotatable bonds is 3. The summed E-state index contributed by atoms with van der Waals surface area (Å²) in [5.41, 5.74) is -0.580. The van der Waals surface area contributed by atoms with Gasteiger partial charge in [-0.05, 0) is 30.5 Å². The van der Waals surface area contributed by atoms with Crippen molar-refractivity contribution in [3.63, 3.8) is 0 Å². The maximum atomic E-state index is 13.0. The molecule has 2 rings (SSSR count). The molecule has 0 unspecified atom stereocenters. The Morgan fingerprint density at radius 1 is 1.38 bits per heavy atom. The lowest BCUT2D eigenvalue weighted by molar-refractivity contribution is 0.000749. The molecule has 86 valence electrons. The van der Waals surface area contributed by atoms with Gasteiger partial charge in [0, 0.05) is 0 Å². The molecule has 0 aliphatic heterocycles. The summed E-state index contributed by atoms with van der Waals surface area (Å²) in [7, 11) is 0. The van der Waals surface area contributed by atoms with E-state index in [1.54, 1.807) is 6.07 Å². The van der Waals surface area contributed by atoms with Gasteiger partial charge < -0.3 is 5.11 Å². The number of aromatic carboxylic acids is 1. The number of alkyl halides is 2. The maximum Gasteiger partial charge on any atom is 0.335 e. The molecule has 0 amide bonds. The first-order valence-corrected chi connectivity index (χ1v) is 5.18. The SMILES string of the molecule is O=C(O)c1cccc(C2(C(F)F)CCC2)c1. The number of hydrogen-bond donors (Lipinski definition) is 1. The second-order valence-corrected chi connectivity index (χ2v) is 4.20. The summed E-state index contributed by atoms with van der Waals surface area (Å²) in [6.07, 6.45) is -0.770. The van der Waals surface area contributed by atoms with Crippen molar-refractivity contribution in [2.75, 3.05) is 0 Å². The third-order valence-corrected chi connectivity index (χ3v) is 3.35. The Bertz CT molecular complexity index is 411. The Balaban J connectivity index is 2.39. The van der Waals surface area contributed by atoms with E-state index in [9.17, 15) is 13.6 Å². The number of halogens is 2. The first-order valence-electron chi connectivity index (χ1n) is 5.18. The Hall–Kier alpha value is -1.45. The smallest absolute Gasteiger partial charge is 0.335 e. The van der Waals surface area contributed by atoms with E-state index in [2.05, 4.69) is 0 Å². The van der Waals surface area contributed by atoms with Crippen molar-refractivity contribution in [3.8, 4) is 0 Å². The van der Waals surface area contributed by atoms with Crippen molar-refractivity contribution in [2.45, 2.75) is 31.1 Å². The Kier molecular flexibility index (Phi) is 2.66. The third kappa shape index (κ3) is 1.58. The van der Waals surface area contributed by atoms with Crippen molar-refractivity contribution in [3.05, 3.63) is 35.4 Å². The molecular formula is C12H12F2O2. The van der Waals surface area contributed by atoms with Crippen LogP contribution in [-0.2, 0) is 5.41 Å². The summed E-state index contributed by atoms with van der Waals surface area (Å²) in [5.74, 6) is -1.08. The highest BCUT2D eigenvalue weighted by atomic mass is 19.3. The lowest BCUT2D eigenvalue weighted by atomic mass is 9.64. The molecule has 0 atom stereocenters. The van der Waals surface area contributed by atoms with Gasteiger partial charge in [0.1, 0.15) is 0 Å². The molecule has 2 nitrogen and oxygen atoms in total. The fourth-order valence-corrected chi connectivity index (χ4v) is 2.15. The minimum atomic E-state index is -2.43. The minimum absolute atomic E-state index is 0.0735. The largest absolute Gasteiger partial charge is 0.478 e. The minimum Gasteiger partial charge on any atom is -0.478 e. The van der Waals surface area contributed by atoms with Gasteiger partial charge in [-0.15, -0.1) is 0 Å². The zero-order chi connectivity index (χ0) is 11.8. The summed E-state index contributed by atoms with van der Waals surface area (Å²) < 4.78 is 26.0. The Morgan fingerprint density at radius 2 is 2.06 bits per heavy atom. The van der Waals surface area contributed by atoms with Crippen LogP contribution in [0.3, 0.4) is 0 Å². The van der Waals surface area contributed by atoms with Crippen LogP contribution in [-0.4, -0.2) is 17.5 Å². The molecular weight excluding hydrogens is 214 g/mol. The molecule has 0 radical (unpaired) electrons. The van der Waals surface area contributed by atoms with Crippen LogP contribution in [0.5, 0.6) is 0 Å². The van der Waals surface area contributed by atoms with Crippen LogP contribution in [0.2, 0.25) is 0 Å². The first kappa shape index (κ1) is 11.0. The quantitative estimate of drug-likeness (QED) is 0.859. The van der Waals surface area contributed by atoms with Gasteiger partial charge >= 0.3 is 5.97 Å². The molecule has 1 N–H and O–H groups in total. The predicted octanol–water partition coefficient (Wildman–Crippen LogP) is 3.07. The van der Waals surface area contributed by atoms with Gasteiger partial charge in [0.05, 0.1) is 11.0 Å². The number of carbonyl (C=O) groups is 1. The van der Waals surface area contributed by atoms with Crippen LogP contribution < -0.4 is 0 Å². The van der Waals surface area contributed by atoms with Crippen LogP contribution in [0, 0.1) is 0 Å². The van der Waals surface area contributed by atoms with Gasteiger partial charge in [-0.1, -0.05) is 18.6 Å². The molecule has 4 heteroatoms. The molecule has 1 aromatic carbocycles. The summed E-state index contributed by atoms with van der Waals surface area (Å²) in [4.78, 5) is 10.8. The molecule has 1 aliphatic rings. The van der Waals surface area contributed by atoms with E-state index in [0.717, 1.165) is 6.42 Å². The molecule has 0 aromatic heterocycles. The molecule has 0 heterocycles. The van der Waals surface area contributed by atoms with Gasteiger partial charge in [-0.3, -0.25) is 0 Å². The molecule has 1 fully saturated rings. The molecule has 0 bridgehead atoms. The van der Waals surface area contributed by atoms with Crippen molar-refractivity contribution >= 4 is 5.97 Å². The van der Waals surface area contributed by atoms with E-state index in [4.69, 9.17) is 5.11 Å². The van der Waals surface area contributed by atoms with Crippen molar-refractivity contribution < 1.29 is 18.7 Å². The Morgan fingerprint density at radius 3 is 2.50 bits per heavy atom. The second kappa shape index (κ2) is 3.85.